The summed E-state index contributed by atoms with van der Waals surface area (Å²) in [5.74, 6) is 0.261. The standard InChI is InChI=1S/C20H27F3O3SSi/c1-5-7-13(2)16-12-19(28(3,4)26-27(24,25)20(21,22)23)18-11-15-9-6-8-14(15)10-17(16)18/h10-13,19H,5-9H2,1-4H3. The highest BCUT2D eigenvalue weighted by atomic mass is 32.2. The molecule has 0 aromatic heterocycles. The fourth-order valence-corrected chi connectivity index (χ4v) is 9.11. The van der Waals surface area contributed by atoms with Crippen molar-refractivity contribution in [1.82, 2.24) is 0 Å². The van der Waals surface area contributed by atoms with Crippen molar-refractivity contribution < 1.29 is 25.5 Å². The van der Waals surface area contributed by atoms with Crippen molar-refractivity contribution in [2.75, 3.05) is 0 Å². The van der Waals surface area contributed by atoms with Gasteiger partial charge in [0.2, 0.25) is 8.32 Å². The van der Waals surface area contributed by atoms with Crippen LogP contribution in [0.2, 0.25) is 13.1 Å². The molecule has 3 nitrogen and oxygen atoms in total. The summed E-state index contributed by atoms with van der Waals surface area (Å²) in [6.45, 7) is 7.34. The molecule has 8 heteroatoms. The molecule has 0 amide bonds. The molecule has 0 spiro atoms. The van der Waals surface area contributed by atoms with Gasteiger partial charge in [-0.1, -0.05) is 38.5 Å². The topological polar surface area (TPSA) is 43.4 Å². The Balaban J connectivity index is 2.06. The van der Waals surface area contributed by atoms with Gasteiger partial charge in [-0.15, -0.1) is 0 Å². The average molecular weight is 433 g/mol. The number of alkyl halides is 3. The van der Waals surface area contributed by atoms with Gasteiger partial charge in [-0.25, -0.2) is 0 Å². The van der Waals surface area contributed by atoms with E-state index in [0.29, 0.717) is 0 Å². The van der Waals surface area contributed by atoms with E-state index in [-0.39, 0.29) is 5.92 Å². The fourth-order valence-electron chi connectivity index (χ4n) is 4.48. The molecule has 1 aromatic carbocycles. The quantitative estimate of drug-likeness (QED) is 0.428. The van der Waals surface area contributed by atoms with Gasteiger partial charge in [0.1, 0.15) is 0 Å². The number of fused-ring (bicyclic) bond motifs is 2. The van der Waals surface area contributed by atoms with E-state index >= 15 is 0 Å². The molecule has 0 saturated carbocycles. The minimum Gasteiger partial charge on any atom is -0.307 e. The van der Waals surface area contributed by atoms with Crippen molar-refractivity contribution in [3.63, 3.8) is 0 Å². The summed E-state index contributed by atoms with van der Waals surface area (Å²) in [5.41, 5.74) is -0.168. The zero-order valence-electron chi connectivity index (χ0n) is 16.7. The number of allylic oxidation sites excluding steroid dienone is 2. The predicted octanol–water partition coefficient (Wildman–Crippen LogP) is 5.70. The highest BCUT2D eigenvalue weighted by molar-refractivity contribution is 7.88. The number of aryl methyl sites for hydroxylation is 2. The molecule has 156 valence electrons. The van der Waals surface area contributed by atoms with Gasteiger partial charge in [-0.3, -0.25) is 0 Å². The van der Waals surface area contributed by atoms with Crippen molar-refractivity contribution >= 4 is 24.0 Å². The lowest BCUT2D eigenvalue weighted by atomic mass is 9.90. The highest BCUT2D eigenvalue weighted by Gasteiger charge is 2.53. The summed E-state index contributed by atoms with van der Waals surface area (Å²) in [6, 6.07) is 4.27. The molecule has 2 atom stereocenters. The van der Waals surface area contributed by atoms with Gasteiger partial charge < -0.3 is 3.87 Å². The number of halogens is 3. The first-order valence-electron chi connectivity index (χ1n) is 9.77. The lowest BCUT2D eigenvalue weighted by Gasteiger charge is -2.29. The van der Waals surface area contributed by atoms with E-state index in [9.17, 15) is 21.6 Å². The lowest BCUT2D eigenvalue weighted by molar-refractivity contribution is -0.0504. The first-order valence-corrected chi connectivity index (χ1v) is 14.2. The first-order chi connectivity index (χ1) is 12.9. The van der Waals surface area contributed by atoms with E-state index in [2.05, 4.69) is 26.0 Å². The van der Waals surface area contributed by atoms with Gasteiger partial charge in [0.05, 0.1) is 0 Å². The first kappa shape index (κ1) is 21.6. The van der Waals surface area contributed by atoms with Crippen molar-refractivity contribution in [2.45, 2.75) is 70.1 Å². The summed E-state index contributed by atoms with van der Waals surface area (Å²) in [4.78, 5) is 0. The Morgan fingerprint density at radius 2 is 1.82 bits per heavy atom. The number of hydrogen-bond donors (Lipinski definition) is 0. The predicted molar refractivity (Wildman–Crippen MR) is 107 cm³/mol. The molecule has 0 bridgehead atoms. The van der Waals surface area contributed by atoms with Gasteiger partial charge >= 0.3 is 15.6 Å². The van der Waals surface area contributed by atoms with Gasteiger partial charge in [-0.05, 0) is 72.5 Å². The van der Waals surface area contributed by atoms with Gasteiger partial charge in [0.15, 0.2) is 0 Å². The van der Waals surface area contributed by atoms with E-state index in [4.69, 9.17) is 3.87 Å². The SMILES string of the molecule is CCCC(C)C1=CC([Si](C)(C)OS(=O)(=O)C(F)(F)F)c2cc3c(cc21)CCC3. The van der Waals surface area contributed by atoms with Crippen LogP contribution in [-0.4, -0.2) is 22.2 Å². The Bertz CT molecular complexity index is 904. The number of benzene rings is 1. The largest absolute Gasteiger partial charge is 0.522 e. The van der Waals surface area contributed by atoms with E-state index in [0.717, 1.165) is 48.8 Å². The number of rotatable bonds is 6. The molecule has 2 unspecified atom stereocenters. The summed E-state index contributed by atoms with van der Waals surface area (Å²) in [6.07, 6.45) is 7.01. The van der Waals surface area contributed by atoms with Crippen LogP contribution in [0.5, 0.6) is 0 Å². The molecule has 0 aliphatic heterocycles. The summed E-state index contributed by atoms with van der Waals surface area (Å²) >= 11 is 0. The molecule has 0 N–H and O–H groups in total. The molecule has 0 heterocycles. The van der Waals surface area contributed by atoms with Crippen molar-refractivity contribution in [1.29, 1.82) is 0 Å². The third-order valence-corrected chi connectivity index (χ3v) is 11.0. The zero-order valence-corrected chi connectivity index (χ0v) is 18.5. The maximum Gasteiger partial charge on any atom is 0.522 e. The molecule has 2 aliphatic carbocycles. The van der Waals surface area contributed by atoms with E-state index in [1.807, 2.05) is 6.08 Å². The van der Waals surface area contributed by atoms with Crippen LogP contribution in [0.4, 0.5) is 13.2 Å². The molecule has 2 aliphatic rings. The molecular weight excluding hydrogens is 405 g/mol. The van der Waals surface area contributed by atoms with Crippen LogP contribution < -0.4 is 0 Å². The van der Waals surface area contributed by atoms with Crippen LogP contribution in [-0.2, 0) is 26.8 Å². The van der Waals surface area contributed by atoms with E-state index in [1.165, 1.54) is 11.1 Å². The minimum atomic E-state index is -5.62. The molecule has 0 fully saturated rings. The summed E-state index contributed by atoms with van der Waals surface area (Å²) in [7, 11) is -8.92. The molecule has 28 heavy (non-hydrogen) atoms. The molecular formula is C20H27F3O3SSi. The van der Waals surface area contributed by atoms with Crippen molar-refractivity contribution in [2.24, 2.45) is 5.92 Å². The molecule has 0 saturated heterocycles. The molecule has 0 radical (unpaired) electrons. The summed E-state index contributed by atoms with van der Waals surface area (Å²) < 4.78 is 67.1. The summed E-state index contributed by atoms with van der Waals surface area (Å²) in [5, 5.41) is 0. The van der Waals surface area contributed by atoms with Gasteiger partial charge in [0, 0.05) is 5.54 Å². The normalized spacial score (nSPS) is 20.7. The Morgan fingerprint density at radius 3 is 2.39 bits per heavy atom. The second-order valence-electron chi connectivity index (χ2n) is 8.44. The zero-order chi connectivity index (χ0) is 20.9. The second kappa shape index (κ2) is 7.29. The Kier molecular flexibility index (Phi) is 5.62. The third kappa shape index (κ3) is 3.83. The second-order valence-corrected chi connectivity index (χ2v) is 14.3. The Labute approximate surface area is 166 Å². The van der Waals surface area contributed by atoms with Crippen LogP contribution in [0, 0.1) is 5.92 Å². The third-order valence-electron chi connectivity index (χ3n) is 5.87. The maximum atomic E-state index is 12.9. The highest BCUT2D eigenvalue weighted by Crippen LogP contribution is 2.48. The van der Waals surface area contributed by atoms with Crippen LogP contribution in [0.25, 0.3) is 5.57 Å². The average Bonchev–Trinajstić information content (AvgIpc) is 3.14. The van der Waals surface area contributed by atoms with Gasteiger partial charge in [0.25, 0.3) is 0 Å². The van der Waals surface area contributed by atoms with E-state index in [1.54, 1.807) is 13.1 Å². The Hall–Kier alpha value is -1.12. The minimum absolute atomic E-state index is 0.261. The van der Waals surface area contributed by atoms with Gasteiger partial charge in [-0.2, -0.15) is 21.6 Å². The van der Waals surface area contributed by atoms with Crippen molar-refractivity contribution in [3.8, 4) is 0 Å². The Morgan fingerprint density at radius 1 is 1.21 bits per heavy atom. The lowest BCUT2D eigenvalue weighted by Crippen LogP contribution is -2.43. The smallest absolute Gasteiger partial charge is 0.307 e. The maximum absolute atomic E-state index is 12.9. The molecule has 1 aromatic rings. The van der Waals surface area contributed by atoms with Crippen LogP contribution in [0.15, 0.2) is 18.2 Å². The van der Waals surface area contributed by atoms with Crippen molar-refractivity contribution in [3.05, 3.63) is 40.5 Å². The number of hydrogen-bond acceptors (Lipinski definition) is 3. The fraction of sp³-hybridized carbons (Fsp3) is 0.600. The molecule has 3 rings (SSSR count). The van der Waals surface area contributed by atoms with Crippen LogP contribution >= 0.6 is 0 Å². The van der Waals surface area contributed by atoms with E-state index < -0.39 is 29.5 Å². The van der Waals surface area contributed by atoms with Crippen LogP contribution in [0.1, 0.15) is 60.9 Å². The monoisotopic (exact) mass is 432 g/mol. The van der Waals surface area contributed by atoms with Crippen LogP contribution in [0.3, 0.4) is 0 Å².